The maximum atomic E-state index is 11.5. The summed E-state index contributed by atoms with van der Waals surface area (Å²) in [5.74, 6) is 0.0245. The average molecular weight is 313 g/mol. The zero-order valence-electron chi connectivity index (χ0n) is 13.5. The van der Waals surface area contributed by atoms with E-state index in [0.29, 0.717) is 13.1 Å². The van der Waals surface area contributed by atoms with Gasteiger partial charge in [0.05, 0.1) is 5.69 Å². The summed E-state index contributed by atoms with van der Waals surface area (Å²) in [6.07, 6.45) is 1.83. The summed E-state index contributed by atoms with van der Waals surface area (Å²) in [6.45, 7) is 10.4. The van der Waals surface area contributed by atoms with E-state index in [1.807, 2.05) is 12.3 Å². The van der Waals surface area contributed by atoms with Crippen LogP contribution in [0.15, 0.2) is 5.38 Å². The second-order valence-corrected chi connectivity index (χ2v) is 6.82. The summed E-state index contributed by atoms with van der Waals surface area (Å²) in [7, 11) is 0. The molecule has 2 N–H and O–H groups in total. The molecule has 1 heterocycles. The van der Waals surface area contributed by atoms with Gasteiger partial charge in [-0.05, 0) is 25.2 Å². The van der Waals surface area contributed by atoms with Crippen LogP contribution in [0.25, 0.3) is 0 Å². The van der Waals surface area contributed by atoms with Crippen molar-refractivity contribution in [2.24, 2.45) is 5.41 Å². The van der Waals surface area contributed by atoms with E-state index in [-0.39, 0.29) is 17.9 Å². The number of aliphatic hydroxyl groups excluding tert-OH is 1. The van der Waals surface area contributed by atoms with Crippen LogP contribution in [0.3, 0.4) is 0 Å². The molecule has 0 unspecified atom stereocenters. The normalized spacial score (nSPS) is 11.7. The van der Waals surface area contributed by atoms with Crippen molar-refractivity contribution in [2.45, 2.75) is 47.1 Å². The summed E-state index contributed by atoms with van der Waals surface area (Å²) in [5.41, 5.74) is 1.13. The van der Waals surface area contributed by atoms with Gasteiger partial charge < -0.3 is 10.4 Å². The number of hydrogen-bond acceptors (Lipinski definition) is 5. The molecule has 1 aromatic rings. The lowest BCUT2D eigenvalue weighted by Gasteiger charge is -2.24. The van der Waals surface area contributed by atoms with Gasteiger partial charge in [-0.2, -0.15) is 0 Å². The van der Waals surface area contributed by atoms with Crippen LogP contribution in [0.2, 0.25) is 0 Å². The van der Waals surface area contributed by atoms with Crippen LogP contribution >= 0.6 is 11.3 Å². The van der Waals surface area contributed by atoms with Gasteiger partial charge in [0.25, 0.3) is 0 Å². The molecule has 0 saturated carbocycles. The number of rotatable bonds is 9. The van der Waals surface area contributed by atoms with Crippen molar-refractivity contribution in [3.63, 3.8) is 0 Å². The Balaban J connectivity index is 2.47. The van der Waals surface area contributed by atoms with E-state index in [9.17, 15) is 4.79 Å². The van der Waals surface area contributed by atoms with Crippen molar-refractivity contribution in [2.75, 3.05) is 24.6 Å². The number of carbonyl (C=O) groups is 1. The van der Waals surface area contributed by atoms with Gasteiger partial charge in [0.15, 0.2) is 5.13 Å². The standard InChI is InChI=1S/C15H27N3O2S/c1-5-18(12(2)20)14-17-13(10-21-14)9-16-11-15(3,4)7-6-8-19/h10,16,19H,5-9,11H2,1-4H3. The molecular weight excluding hydrogens is 286 g/mol. The molecule has 0 fully saturated rings. The molecule has 0 bridgehead atoms. The summed E-state index contributed by atoms with van der Waals surface area (Å²) in [5, 5.41) is 15.1. The molecule has 6 heteroatoms. The highest BCUT2D eigenvalue weighted by Gasteiger charge is 2.17. The number of anilines is 1. The number of hydrogen-bond donors (Lipinski definition) is 2. The van der Waals surface area contributed by atoms with Gasteiger partial charge in [-0.1, -0.05) is 13.8 Å². The molecule has 0 aliphatic heterocycles. The molecule has 21 heavy (non-hydrogen) atoms. The first kappa shape index (κ1) is 18.1. The van der Waals surface area contributed by atoms with Crippen LogP contribution in [0, 0.1) is 5.41 Å². The molecule has 0 atom stereocenters. The third kappa shape index (κ3) is 6.11. The Morgan fingerprint density at radius 3 is 2.81 bits per heavy atom. The van der Waals surface area contributed by atoms with E-state index in [1.165, 1.54) is 11.3 Å². The van der Waals surface area contributed by atoms with E-state index >= 15 is 0 Å². The first-order valence-electron chi connectivity index (χ1n) is 7.43. The Hall–Kier alpha value is -0.980. The fraction of sp³-hybridized carbons (Fsp3) is 0.733. The van der Waals surface area contributed by atoms with Crippen LogP contribution in [-0.2, 0) is 11.3 Å². The molecule has 1 amide bonds. The predicted octanol–water partition coefficient (Wildman–Crippen LogP) is 2.40. The highest BCUT2D eigenvalue weighted by Crippen LogP contribution is 2.22. The second-order valence-electron chi connectivity index (χ2n) is 5.98. The molecule has 0 radical (unpaired) electrons. The lowest BCUT2D eigenvalue weighted by Crippen LogP contribution is -2.30. The number of carbonyl (C=O) groups excluding carboxylic acids is 1. The Labute approximate surface area is 131 Å². The van der Waals surface area contributed by atoms with Gasteiger partial charge in [-0.3, -0.25) is 9.69 Å². The molecule has 0 aliphatic carbocycles. The number of aromatic nitrogens is 1. The predicted molar refractivity (Wildman–Crippen MR) is 87.6 cm³/mol. The Morgan fingerprint density at radius 1 is 1.52 bits per heavy atom. The first-order valence-corrected chi connectivity index (χ1v) is 8.31. The Morgan fingerprint density at radius 2 is 2.24 bits per heavy atom. The fourth-order valence-electron chi connectivity index (χ4n) is 2.17. The summed E-state index contributed by atoms with van der Waals surface area (Å²) in [4.78, 5) is 17.7. The number of amides is 1. The van der Waals surface area contributed by atoms with E-state index < -0.39 is 0 Å². The van der Waals surface area contributed by atoms with E-state index in [4.69, 9.17) is 5.11 Å². The summed E-state index contributed by atoms with van der Waals surface area (Å²) < 4.78 is 0. The van der Waals surface area contributed by atoms with Crippen molar-refractivity contribution < 1.29 is 9.90 Å². The molecule has 120 valence electrons. The van der Waals surface area contributed by atoms with Crippen molar-refractivity contribution in [1.29, 1.82) is 0 Å². The Bertz CT molecular complexity index is 446. The molecule has 0 saturated heterocycles. The minimum atomic E-state index is 0.0245. The van der Waals surface area contributed by atoms with Gasteiger partial charge in [-0.25, -0.2) is 4.98 Å². The molecule has 1 aromatic heterocycles. The average Bonchev–Trinajstić information content (AvgIpc) is 2.85. The fourth-order valence-corrected chi connectivity index (χ4v) is 3.10. The molecule has 0 spiro atoms. The number of aliphatic hydroxyl groups is 1. The molecule has 0 aromatic carbocycles. The third-order valence-electron chi connectivity index (χ3n) is 3.39. The van der Waals surface area contributed by atoms with Gasteiger partial charge in [-0.15, -0.1) is 11.3 Å². The zero-order valence-corrected chi connectivity index (χ0v) is 14.3. The van der Waals surface area contributed by atoms with Crippen molar-refractivity contribution in [3.8, 4) is 0 Å². The smallest absolute Gasteiger partial charge is 0.225 e. The number of nitrogens with one attached hydrogen (secondary N) is 1. The van der Waals surface area contributed by atoms with Gasteiger partial charge in [0, 0.05) is 38.5 Å². The zero-order chi connectivity index (χ0) is 15.9. The molecular formula is C15H27N3O2S. The summed E-state index contributed by atoms with van der Waals surface area (Å²) in [6, 6.07) is 0. The van der Waals surface area contributed by atoms with Crippen molar-refractivity contribution in [3.05, 3.63) is 11.1 Å². The lowest BCUT2D eigenvalue weighted by atomic mass is 9.88. The van der Waals surface area contributed by atoms with Crippen LogP contribution in [0.5, 0.6) is 0 Å². The van der Waals surface area contributed by atoms with Crippen LogP contribution in [0.1, 0.15) is 46.2 Å². The maximum Gasteiger partial charge on any atom is 0.225 e. The van der Waals surface area contributed by atoms with Gasteiger partial charge in [0.1, 0.15) is 0 Å². The quantitative estimate of drug-likeness (QED) is 0.735. The SMILES string of the molecule is CCN(C(C)=O)c1nc(CNCC(C)(C)CCCO)cs1. The molecule has 0 aliphatic rings. The Kier molecular flexibility index (Phi) is 7.28. The maximum absolute atomic E-state index is 11.5. The van der Waals surface area contributed by atoms with Gasteiger partial charge in [0.2, 0.25) is 5.91 Å². The van der Waals surface area contributed by atoms with Crippen LogP contribution < -0.4 is 10.2 Å². The van der Waals surface area contributed by atoms with E-state index in [1.54, 1.807) is 11.8 Å². The van der Waals surface area contributed by atoms with Crippen molar-refractivity contribution >= 4 is 22.4 Å². The summed E-state index contributed by atoms with van der Waals surface area (Å²) >= 11 is 1.50. The van der Waals surface area contributed by atoms with Gasteiger partial charge >= 0.3 is 0 Å². The highest BCUT2D eigenvalue weighted by molar-refractivity contribution is 7.14. The minimum absolute atomic E-state index is 0.0245. The number of nitrogens with zero attached hydrogens (tertiary/aromatic N) is 2. The van der Waals surface area contributed by atoms with E-state index in [0.717, 1.165) is 30.2 Å². The second kappa shape index (κ2) is 8.46. The minimum Gasteiger partial charge on any atom is -0.396 e. The van der Waals surface area contributed by atoms with Crippen LogP contribution in [-0.4, -0.2) is 35.7 Å². The molecule has 5 nitrogen and oxygen atoms in total. The monoisotopic (exact) mass is 313 g/mol. The first-order chi connectivity index (χ1) is 9.89. The number of thiazole rings is 1. The lowest BCUT2D eigenvalue weighted by molar-refractivity contribution is -0.116. The van der Waals surface area contributed by atoms with Crippen LogP contribution in [0.4, 0.5) is 5.13 Å². The largest absolute Gasteiger partial charge is 0.396 e. The molecule has 1 rings (SSSR count). The van der Waals surface area contributed by atoms with Crippen molar-refractivity contribution in [1.82, 2.24) is 10.3 Å². The topological polar surface area (TPSA) is 65.5 Å². The van der Waals surface area contributed by atoms with E-state index in [2.05, 4.69) is 24.1 Å². The third-order valence-corrected chi connectivity index (χ3v) is 4.30. The highest BCUT2D eigenvalue weighted by atomic mass is 32.1.